The van der Waals surface area contributed by atoms with Crippen LogP contribution in [-0.2, 0) is 11.3 Å². The van der Waals surface area contributed by atoms with Gasteiger partial charge < -0.3 is 20.0 Å². The zero-order valence-electron chi connectivity index (χ0n) is 17.3. The molecule has 1 aliphatic heterocycles. The summed E-state index contributed by atoms with van der Waals surface area (Å²) in [4.78, 5) is 26.9. The lowest BCUT2D eigenvalue weighted by Gasteiger charge is -2.38. The van der Waals surface area contributed by atoms with Crippen molar-refractivity contribution in [2.45, 2.75) is 6.54 Å². The maximum absolute atomic E-state index is 12.0. The van der Waals surface area contributed by atoms with Crippen molar-refractivity contribution < 1.29 is 4.79 Å². The van der Waals surface area contributed by atoms with Crippen molar-refractivity contribution in [2.24, 2.45) is 4.99 Å². The highest BCUT2D eigenvalue weighted by atomic mass is 127. The van der Waals surface area contributed by atoms with E-state index in [0.29, 0.717) is 11.6 Å². The van der Waals surface area contributed by atoms with Crippen LogP contribution in [0.1, 0.15) is 5.56 Å². The minimum atomic E-state index is 0. The molecular weight excluding hydrogens is 515 g/mol. The molecule has 2 heterocycles. The lowest BCUT2D eigenvalue weighted by atomic mass is 10.2. The zero-order chi connectivity index (χ0) is 20.6. The monoisotopic (exact) mass is 542 g/mol. The highest BCUT2D eigenvalue weighted by Gasteiger charge is 2.22. The molecule has 1 N–H and O–H groups in total. The molecule has 9 heteroatoms. The average Bonchev–Trinajstić information content (AvgIpc) is 2.75. The first-order valence-electron chi connectivity index (χ1n) is 9.66. The van der Waals surface area contributed by atoms with Crippen LogP contribution >= 0.6 is 35.6 Å². The normalized spacial score (nSPS) is 14.2. The first kappa shape index (κ1) is 24.2. The molecule has 3 rings (SSSR count). The second kappa shape index (κ2) is 11.9. The molecule has 30 heavy (non-hydrogen) atoms. The molecule has 162 valence electrons. The molecule has 1 aliphatic rings. The van der Waals surface area contributed by atoms with Gasteiger partial charge in [-0.15, -0.1) is 24.0 Å². The molecule has 0 saturated carbocycles. The Hall–Kier alpha value is -2.07. The van der Waals surface area contributed by atoms with Crippen LogP contribution in [0.4, 0.5) is 5.69 Å². The highest BCUT2D eigenvalue weighted by molar-refractivity contribution is 14.0. The van der Waals surface area contributed by atoms with Gasteiger partial charge in [0.2, 0.25) is 5.91 Å². The molecule has 1 saturated heterocycles. The first-order chi connectivity index (χ1) is 14.0. The largest absolute Gasteiger partial charge is 0.367 e. The Balaban J connectivity index is 0.00000320. The summed E-state index contributed by atoms with van der Waals surface area (Å²) < 4.78 is 0. The van der Waals surface area contributed by atoms with E-state index in [1.807, 2.05) is 24.3 Å². The Bertz CT molecular complexity index is 840. The van der Waals surface area contributed by atoms with Gasteiger partial charge in [-0.1, -0.05) is 41.9 Å². The van der Waals surface area contributed by atoms with Gasteiger partial charge in [0.25, 0.3) is 0 Å². The van der Waals surface area contributed by atoms with Crippen LogP contribution in [0.2, 0.25) is 5.02 Å². The number of carbonyl (C=O) groups is 1. The van der Waals surface area contributed by atoms with Gasteiger partial charge in [0.1, 0.15) is 0 Å². The van der Waals surface area contributed by atoms with Crippen LogP contribution in [0.5, 0.6) is 0 Å². The number of amides is 1. The number of likely N-dealkylation sites (N-methyl/N-ethyl adjacent to an activating group) is 1. The fraction of sp³-hybridized carbons (Fsp3) is 0.381. The molecule has 1 aromatic carbocycles. The number of halogens is 2. The molecule has 0 aliphatic carbocycles. The number of piperazine rings is 1. The van der Waals surface area contributed by atoms with Gasteiger partial charge in [-0.25, -0.2) is 4.99 Å². The number of aromatic nitrogens is 1. The summed E-state index contributed by atoms with van der Waals surface area (Å²) in [7, 11) is 3.50. The fourth-order valence-electron chi connectivity index (χ4n) is 3.11. The minimum Gasteiger partial charge on any atom is -0.367 e. The van der Waals surface area contributed by atoms with Gasteiger partial charge in [-0.05, 0) is 11.6 Å². The number of hydrogen-bond acceptors (Lipinski definition) is 4. The van der Waals surface area contributed by atoms with E-state index in [2.05, 4.69) is 32.2 Å². The Morgan fingerprint density at radius 1 is 1.17 bits per heavy atom. The van der Waals surface area contributed by atoms with E-state index in [4.69, 9.17) is 16.6 Å². The smallest absolute Gasteiger partial charge is 0.241 e. The summed E-state index contributed by atoms with van der Waals surface area (Å²) >= 11 is 6.29. The minimum absolute atomic E-state index is 0. The number of hydrogen-bond donors (Lipinski definition) is 1. The lowest BCUT2D eigenvalue weighted by molar-refractivity contribution is -0.127. The average molecular weight is 543 g/mol. The molecule has 0 spiro atoms. The summed E-state index contributed by atoms with van der Waals surface area (Å²) in [6.07, 6.45) is 3.43. The van der Waals surface area contributed by atoms with E-state index >= 15 is 0 Å². The number of aliphatic imine (C=N–C) groups is 1. The Kier molecular flexibility index (Phi) is 9.64. The van der Waals surface area contributed by atoms with Crippen molar-refractivity contribution in [2.75, 3.05) is 51.7 Å². The van der Waals surface area contributed by atoms with E-state index in [-0.39, 0.29) is 36.4 Å². The molecule has 0 bridgehead atoms. The van der Waals surface area contributed by atoms with Crippen molar-refractivity contribution in [3.8, 4) is 0 Å². The molecule has 0 radical (unpaired) electrons. The second-order valence-electron chi connectivity index (χ2n) is 7.07. The summed E-state index contributed by atoms with van der Waals surface area (Å²) in [5, 5.41) is 3.90. The third-order valence-electron chi connectivity index (χ3n) is 4.82. The van der Waals surface area contributed by atoms with Gasteiger partial charge in [0, 0.05) is 52.7 Å². The van der Waals surface area contributed by atoms with Crippen LogP contribution in [0, 0.1) is 0 Å². The predicted octanol–water partition coefficient (Wildman–Crippen LogP) is 2.71. The molecule has 0 unspecified atom stereocenters. The number of pyridine rings is 1. The van der Waals surface area contributed by atoms with Crippen LogP contribution < -0.4 is 10.2 Å². The third-order valence-corrected chi connectivity index (χ3v) is 5.11. The third kappa shape index (κ3) is 6.73. The fourth-order valence-corrected chi connectivity index (χ4v) is 3.35. The van der Waals surface area contributed by atoms with E-state index in [1.165, 1.54) is 0 Å². The van der Waals surface area contributed by atoms with Crippen molar-refractivity contribution in [3.63, 3.8) is 0 Å². The second-order valence-corrected chi connectivity index (χ2v) is 7.48. The SMILES string of the molecule is CN(C)C(=O)CNC(=NCc1ccccc1)N1CCN(c2ccncc2Cl)CC1.I. The van der Waals surface area contributed by atoms with Crippen LogP contribution in [0.3, 0.4) is 0 Å². The molecule has 1 amide bonds. The molecular formula is C21H28ClIN6O. The van der Waals surface area contributed by atoms with Gasteiger partial charge in [-0.3, -0.25) is 9.78 Å². The van der Waals surface area contributed by atoms with Crippen molar-refractivity contribution in [3.05, 3.63) is 59.4 Å². The summed E-state index contributed by atoms with van der Waals surface area (Å²) in [6, 6.07) is 12.0. The zero-order valence-corrected chi connectivity index (χ0v) is 20.4. The Labute approximate surface area is 200 Å². The Morgan fingerprint density at radius 3 is 2.50 bits per heavy atom. The number of nitrogens with one attached hydrogen (secondary N) is 1. The lowest BCUT2D eigenvalue weighted by Crippen LogP contribution is -2.53. The van der Waals surface area contributed by atoms with Gasteiger partial charge in [0.15, 0.2) is 5.96 Å². The van der Waals surface area contributed by atoms with Crippen molar-refractivity contribution in [1.82, 2.24) is 20.1 Å². The van der Waals surface area contributed by atoms with Gasteiger partial charge in [-0.2, -0.15) is 0 Å². The van der Waals surface area contributed by atoms with Crippen molar-refractivity contribution >= 4 is 53.1 Å². The summed E-state index contributed by atoms with van der Waals surface area (Å²) in [5.74, 6) is 0.768. The number of carbonyl (C=O) groups excluding carboxylic acids is 1. The highest BCUT2D eigenvalue weighted by Crippen LogP contribution is 2.25. The molecule has 1 fully saturated rings. The molecule has 0 atom stereocenters. The standard InChI is InChI=1S/C21H27ClN6O.HI/c1-26(2)20(29)16-25-21(24-14-17-6-4-3-5-7-17)28-12-10-27(11-13-28)19-8-9-23-15-18(19)22;/h3-9,15H,10-14,16H2,1-2H3,(H,24,25);1H. The van der Waals surface area contributed by atoms with E-state index < -0.39 is 0 Å². The molecule has 1 aromatic heterocycles. The number of nitrogens with zero attached hydrogens (tertiary/aromatic N) is 5. The van der Waals surface area contributed by atoms with Crippen LogP contribution in [-0.4, -0.2) is 73.5 Å². The number of anilines is 1. The quantitative estimate of drug-likeness (QED) is 0.358. The number of guanidine groups is 1. The van der Waals surface area contributed by atoms with E-state index in [1.54, 1.807) is 31.4 Å². The topological polar surface area (TPSA) is 64.1 Å². The number of benzene rings is 1. The van der Waals surface area contributed by atoms with Gasteiger partial charge in [0.05, 0.1) is 23.8 Å². The van der Waals surface area contributed by atoms with Gasteiger partial charge >= 0.3 is 0 Å². The first-order valence-corrected chi connectivity index (χ1v) is 10.0. The predicted molar refractivity (Wildman–Crippen MR) is 133 cm³/mol. The Morgan fingerprint density at radius 2 is 1.87 bits per heavy atom. The molecule has 7 nitrogen and oxygen atoms in total. The summed E-state index contributed by atoms with van der Waals surface area (Å²) in [6.45, 7) is 3.99. The maximum Gasteiger partial charge on any atom is 0.241 e. The van der Waals surface area contributed by atoms with Crippen LogP contribution in [0.15, 0.2) is 53.8 Å². The number of rotatable bonds is 5. The van der Waals surface area contributed by atoms with Crippen LogP contribution in [0.25, 0.3) is 0 Å². The maximum atomic E-state index is 12.0. The molecule has 2 aromatic rings. The van der Waals surface area contributed by atoms with E-state index in [0.717, 1.165) is 43.4 Å². The van der Waals surface area contributed by atoms with E-state index in [9.17, 15) is 4.79 Å². The van der Waals surface area contributed by atoms with Crippen molar-refractivity contribution in [1.29, 1.82) is 0 Å². The summed E-state index contributed by atoms with van der Waals surface area (Å²) in [5.41, 5.74) is 2.13.